The highest BCUT2D eigenvalue weighted by Gasteiger charge is 2.25. The fourth-order valence-electron chi connectivity index (χ4n) is 0.951. The molecule has 0 amide bonds. The Kier molecular flexibility index (Phi) is 2.50. The summed E-state index contributed by atoms with van der Waals surface area (Å²) >= 11 is 0. The zero-order valence-corrected chi connectivity index (χ0v) is 7.36. The summed E-state index contributed by atoms with van der Waals surface area (Å²) in [6.07, 6.45) is 0. The van der Waals surface area contributed by atoms with Crippen LogP contribution in [0.5, 0.6) is 0 Å². The Morgan fingerprint density at radius 1 is 1.60 bits per heavy atom. The van der Waals surface area contributed by atoms with Gasteiger partial charge >= 0.3 is 0 Å². The van der Waals surface area contributed by atoms with Crippen LogP contribution in [0.25, 0.3) is 0 Å². The topological polar surface area (TPSA) is 38.3 Å². The van der Waals surface area contributed by atoms with Crippen LogP contribution in [0.15, 0.2) is 0 Å². The van der Waals surface area contributed by atoms with Crippen molar-refractivity contribution in [1.82, 2.24) is 5.32 Å². The van der Waals surface area contributed by atoms with Crippen molar-refractivity contribution in [2.75, 3.05) is 33.0 Å². The third-order valence-electron chi connectivity index (χ3n) is 1.60. The average Bonchev–Trinajstić information content (AvgIpc) is 1.88. The summed E-state index contributed by atoms with van der Waals surface area (Å²) in [4.78, 5) is 0. The Morgan fingerprint density at radius 2 is 2.30 bits per heavy atom. The Hall–Kier alpha value is 0.150. The van der Waals surface area contributed by atoms with E-state index in [9.17, 15) is 4.57 Å². The lowest BCUT2D eigenvalue weighted by atomic mass is 10.5. The van der Waals surface area contributed by atoms with Crippen molar-refractivity contribution in [3.63, 3.8) is 0 Å². The number of hydrogen-bond donors (Lipinski definition) is 1. The second kappa shape index (κ2) is 3.04. The largest absolute Gasteiger partial charge is 0.368 e. The molecule has 4 heteroatoms. The molecule has 0 aromatic heterocycles. The number of nitrogens with one attached hydrogen (secondary N) is 1. The van der Waals surface area contributed by atoms with Gasteiger partial charge in [-0.25, -0.2) is 0 Å². The van der Waals surface area contributed by atoms with E-state index in [1.807, 2.05) is 0 Å². The van der Waals surface area contributed by atoms with Gasteiger partial charge in [-0.15, -0.1) is 0 Å². The molecule has 1 aliphatic rings. The molecule has 1 rings (SSSR count). The minimum absolute atomic E-state index is 0.0544. The molecular weight excluding hydrogens is 149 g/mol. The van der Waals surface area contributed by atoms with E-state index < -0.39 is 7.14 Å². The van der Waals surface area contributed by atoms with Crippen LogP contribution in [0.1, 0.15) is 0 Å². The van der Waals surface area contributed by atoms with Gasteiger partial charge in [-0.2, -0.15) is 0 Å². The second-order valence-corrected chi connectivity index (χ2v) is 6.41. The Morgan fingerprint density at radius 3 is 2.60 bits per heavy atom. The molecule has 1 aliphatic heterocycles. The van der Waals surface area contributed by atoms with Crippen LogP contribution in [-0.4, -0.2) is 38.9 Å². The minimum Gasteiger partial charge on any atom is -0.368 e. The van der Waals surface area contributed by atoms with Crippen molar-refractivity contribution < 1.29 is 9.30 Å². The van der Waals surface area contributed by atoms with Crippen molar-refractivity contribution in [3.05, 3.63) is 0 Å². The van der Waals surface area contributed by atoms with Gasteiger partial charge in [-0.05, 0) is 13.3 Å². The maximum Gasteiger partial charge on any atom is 0.122 e. The van der Waals surface area contributed by atoms with Crippen LogP contribution in [0, 0.1) is 0 Å². The molecule has 60 valence electrons. The first-order chi connectivity index (χ1) is 4.61. The molecule has 1 fully saturated rings. The number of rotatable bonds is 1. The normalized spacial score (nSPS) is 28.4. The summed E-state index contributed by atoms with van der Waals surface area (Å²) in [5.41, 5.74) is 0. The summed E-state index contributed by atoms with van der Waals surface area (Å²) in [7, 11) is -2.03. The zero-order valence-electron chi connectivity index (χ0n) is 6.46. The second-order valence-electron chi connectivity index (χ2n) is 2.96. The fourth-order valence-corrected chi connectivity index (χ4v) is 1.98. The van der Waals surface area contributed by atoms with Gasteiger partial charge < -0.3 is 14.6 Å². The summed E-state index contributed by atoms with van der Waals surface area (Å²) in [6, 6.07) is 0. The predicted molar refractivity (Wildman–Crippen MR) is 42.1 cm³/mol. The first-order valence-electron chi connectivity index (χ1n) is 3.47. The maximum absolute atomic E-state index is 11.4. The molecule has 1 atom stereocenters. The van der Waals surface area contributed by atoms with Gasteiger partial charge in [0.1, 0.15) is 13.0 Å². The van der Waals surface area contributed by atoms with Gasteiger partial charge in [-0.1, -0.05) is 0 Å². The van der Waals surface area contributed by atoms with E-state index in [-0.39, 0.29) is 5.85 Å². The molecule has 1 saturated heterocycles. The van der Waals surface area contributed by atoms with E-state index in [1.165, 1.54) is 0 Å². The van der Waals surface area contributed by atoms with Crippen molar-refractivity contribution in [1.29, 1.82) is 0 Å². The lowest BCUT2D eigenvalue weighted by molar-refractivity contribution is 0.0778. The average molecular weight is 163 g/mol. The number of ether oxygens (including phenoxy) is 1. The molecule has 0 aromatic rings. The highest BCUT2D eigenvalue weighted by atomic mass is 31.2. The molecule has 0 radical (unpaired) electrons. The van der Waals surface area contributed by atoms with Gasteiger partial charge in [0.2, 0.25) is 0 Å². The molecule has 0 spiro atoms. The molecule has 1 heterocycles. The molecular formula is C6H14NO2P. The monoisotopic (exact) mass is 163 g/mol. The fraction of sp³-hybridized carbons (Fsp3) is 1.00. The van der Waals surface area contributed by atoms with Gasteiger partial charge in [0, 0.05) is 13.1 Å². The molecule has 0 saturated carbocycles. The van der Waals surface area contributed by atoms with Crippen LogP contribution in [0.4, 0.5) is 0 Å². The molecule has 1 N–H and O–H groups in total. The van der Waals surface area contributed by atoms with E-state index in [0.717, 1.165) is 13.1 Å². The van der Waals surface area contributed by atoms with Gasteiger partial charge in [0.25, 0.3) is 0 Å². The van der Waals surface area contributed by atoms with Crippen LogP contribution in [-0.2, 0) is 9.30 Å². The van der Waals surface area contributed by atoms with Crippen LogP contribution in [0.2, 0.25) is 0 Å². The summed E-state index contributed by atoms with van der Waals surface area (Å²) in [5, 5.41) is 3.14. The Labute approximate surface area is 61.5 Å². The van der Waals surface area contributed by atoms with Gasteiger partial charge in [-0.3, -0.25) is 0 Å². The summed E-state index contributed by atoms with van der Waals surface area (Å²) < 4.78 is 16.7. The lowest BCUT2D eigenvalue weighted by Gasteiger charge is -2.26. The van der Waals surface area contributed by atoms with Crippen LogP contribution in [0.3, 0.4) is 0 Å². The van der Waals surface area contributed by atoms with E-state index in [2.05, 4.69) is 5.32 Å². The third-order valence-corrected chi connectivity index (χ3v) is 3.32. The SMILES string of the molecule is CP(C)(=O)C1CNCCO1. The number of morpholine rings is 1. The molecule has 3 nitrogen and oxygen atoms in total. The minimum atomic E-state index is -2.03. The molecule has 1 unspecified atom stereocenters. The Bertz CT molecular complexity index is 148. The highest BCUT2D eigenvalue weighted by molar-refractivity contribution is 7.62. The molecule has 0 aromatic carbocycles. The third kappa shape index (κ3) is 2.08. The smallest absolute Gasteiger partial charge is 0.122 e. The lowest BCUT2D eigenvalue weighted by Crippen LogP contribution is -2.38. The van der Waals surface area contributed by atoms with Crippen LogP contribution >= 0.6 is 7.14 Å². The molecule has 0 bridgehead atoms. The van der Waals surface area contributed by atoms with E-state index in [1.54, 1.807) is 13.3 Å². The molecule has 0 aliphatic carbocycles. The quantitative estimate of drug-likeness (QED) is 0.574. The molecule has 10 heavy (non-hydrogen) atoms. The van der Waals surface area contributed by atoms with Crippen LogP contribution < -0.4 is 5.32 Å². The van der Waals surface area contributed by atoms with Gasteiger partial charge in [0.15, 0.2) is 0 Å². The van der Waals surface area contributed by atoms with E-state index >= 15 is 0 Å². The first kappa shape index (κ1) is 8.25. The van der Waals surface area contributed by atoms with E-state index in [4.69, 9.17) is 4.74 Å². The summed E-state index contributed by atoms with van der Waals surface area (Å²) in [5.74, 6) is -0.0544. The van der Waals surface area contributed by atoms with Crippen molar-refractivity contribution in [3.8, 4) is 0 Å². The maximum atomic E-state index is 11.4. The van der Waals surface area contributed by atoms with Crippen molar-refractivity contribution in [2.45, 2.75) is 5.85 Å². The van der Waals surface area contributed by atoms with Crippen molar-refractivity contribution >= 4 is 7.14 Å². The standard InChI is InChI=1S/C6H14NO2P/c1-10(2,8)6-5-7-3-4-9-6/h6-7H,3-5H2,1-2H3. The van der Waals surface area contributed by atoms with Crippen molar-refractivity contribution in [2.24, 2.45) is 0 Å². The Balaban J connectivity index is 2.47. The highest BCUT2D eigenvalue weighted by Crippen LogP contribution is 2.43. The van der Waals surface area contributed by atoms with E-state index in [0.29, 0.717) is 6.61 Å². The predicted octanol–water partition coefficient (Wildman–Crippen LogP) is 0.555. The van der Waals surface area contributed by atoms with Gasteiger partial charge in [0.05, 0.1) is 6.61 Å². The zero-order chi connectivity index (χ0) is 7.61. The summed E-state index contributed by atoms with van der Waals surface area (Å²) in [6.45, 7) is 5.85. The first-order valence-corrected chi connectivity index (χ1v) is 6.15. The number of hydrogen-bond acceptors (Lipinski definition) is 3.